The Balaban J connectivity index is 1.47. The number of oxazole rings is 1. The molecule has 0 bridgehead atoms. The Bertz CT molecular complexity index is 1230. The van der Waals surface area contributed by atoms with Gasteiger partial charge in [-0.25, -0.2) is 9.78 Å². The Morgan fingerprint density at radius 3 is 2.52 bits per heavy atom. The quantitative estimate of drug-likeness (QED) is 0.448. The van der Waals surface area contributed by atoms with Gasteiger partial charge in [-0.3, -0.25) is 4.79 Å². The fourth-order valence-electron chi connectivity index (χ4n) is 4.12. The van der Waals surface area contributed by atoms with Crippen LogP contribution in [0.5, 0.6) is 0 Å². The van der Waals surface area contributed by atoms with E-state index < -0.39 is 5.97 Å². The van der Waals surface area contributed by atoms with Crippen LogP contribution in [0, 0.1) is 0 Å². The van der Waals surface area contributed by atoms with Crippen LogP contribution in [0.2, 0.25) is 0 Å². The van der Waals surface area contributed by atoms with E-state index in [1.807, 2.05) is 48.5 Å². The van der Waals surface area contributed by atoms with E-state index in [1.54, 1.807) is 17.0 Å². The molecule has 0 unspecified atom stereocenters. The van der Waals surface area contributed by atoms with Gasteiger partial charge in [0.25, 0.3) is 5.91 Å². The third-order valence-corrected chi connectivity index (χ3v) is 5.68. The lowest BCUT2D eigenvalue weighted by Crippen LogP contribution is -2.38. The van der Waals surface area contributed by atoms with Gasteiger partial charge in [0.2, 0.25) is 5.89 Å². The zero-order valence-corrected chi connectivity index (χ0v) is 17.0. The Morgan fingerprint density at radius 2 is 1.71 bits per heavy atom. The van der Waals surface area contributed by atoms with E-state index >= 15 is 0 Å². The highest BCUT2D eigenvalue weighted by molar-refractivity contribution is 6.10. The smallest absolute Gasteiger partial charge is 0.339 e. The lowest BCUT2D eigenvalue weighted by Gasteiger charge is -2.26. The highest BCUT2D eigenvalue weighted by atomic mass is 16.5. The second kappa shape index (κ2) is 8.22. The average Bonchev–Trinajstić information content (AvgIpc) is 3.26. The minimum Gasteiger partial charge on any atom is -0.452 e. The number of likely N-dealkylation sites (tertiary alicyclic amines) is 1. The lowest BCUT2D eigenvalue weighted by molar-refractivity contribution is -0.135. The van der Waals surface area contributed by atoms with Gasteiger partial charge in [0, 0.05) is 24.0 Å². The lowest BCUT2D eigenvalue weighted by atomic mass is 9.99. The van der Waals surface area contributed by atoms with Gasteiger partial charge >= 0.3 is 5.97 Å². The molecule has 1 aliphatic heterocycles. The summed E-state index contributed by atoms with van der Waals surface area (Å²) >= 11 is 0. The van der Waals surface area contributed by atoms with Gasteiger partial charge in [0.15, 0.2) is 12.2 Å². The number of fused-ring (bicyclic) bond motifs is 2. The highest BCUT2D eigenvalue weighted by Gasteiger charge is 2.21. The van der Waals surface area contributed by atoms with Crippen molar-refractivity contribution in [2.24, 2.45) is 0 Å². The summed E-state index contributed by atoms with van der Waals surface area (Å²) in [4.78, 5) is 31.7. The highest BCUT2D eigenvalue weighted by Crippen LogP contribution is 2.33. The number of rotatable bonds is 4. The number of amides is 1. The monoisotopic (exact) mass is 414 g/mol. The number of benzene rings is 3. The van der Waals surface area contributed by atoms with Crippen molar-refractivity contribution in [3.63, 3.8) is 0 Å². The van der Waals surface area contributed by atoms with Crippen molar-refractivity contribution in [2.75, 3.05) is 19.7 Å². The molecule has 6 heteroatoms. The van der Waals surface area contributed by atoms with Gasteiger partial charge in [0.1, 0.15) is 5.52 Å². The normalized spacial score (nSPS) is 14.1. The maximum Gasteiger partial charge on any atom is 0.339 e. The van der Waals surface area contributed by atoms with Gasteiger partial charge in [-0.1, -0.05) is 36.4 Å². The summed E-state index contributed by atoms with van der Waals surface area (Å²) in [7, 11) is 0. The molecule has 1 amide bonds. The number of nitrogens with zero attached hydrogens (tertiary/aromatic N) is 2. The first kappa shape index (κ1) is 19.3. The van der Waals surface area contributed by atoms with Crippen LogP contribution in [0.25, 0.3) is 33.3 Å². The molecular weight excluding hydrogens is 392 g/mol. The predicted molar refractivity (Wildman–Crippen MR) is 118 cm³/mol. The van der Waals surface area contributed by atoms with Gasteiger partial charge in [-0.2, -0.15) is 0 Å². The minimum absolute atomic E-state index is 0.146. The first-order valence-corrected chi connectivity index (χ1v) is 10.5. The Kier molecular flexibility index (Phi) is 5.12. The van der Waals surface area contributed by atoms with Crippen molar-refractivity contribution in [1.29, 1.82) is 0 Å². The zero-order chi connectivity index (χ0) is 21.2. The summed E-state index contributed by atoms with van der Waals surface area (Å²) in [6.45, 7) is 1.21. The third kappa shape index (κ3) is 3.77. The first-order chi connectivity index (χ1) is 15.2. The second-order valence-corrected chi connectivity index (χ2v) is 7.71. The molecule has 0 saturated carbocycles. The number of carbonyl (C=O) groups excluding carboxylic acids is 2. The molecule has 0 N–H and O–H groups in total. The molecular formula is C25H22N2O4. The number of piperidine rings is 1. The molecule has 1 aromatic heterocycles. The van der Waals surface area contributed by atoms with E-state index in [0.717, 1.165) is 43.3 Å². The van der Waals surface area contributed by atoms with E-state index in [9.17, 15) is 9.59 Å². The molecule has 31 heavy (non-hydrogen) atoms. The van der Waals surface area contributed by atoms with Crippen molar-refractivity contribution in [2.45, 2.75) is 19.3 Å². The summed E-state index contributed by atoms with van der Waals surface area (Å²) in [5, 5.41) is 1.57. The topological polar surface area (TPSA) is 72.6 Å². The summed E-state index contributed by atoms with van der Waals surface area (Å²) in [5.74, 6) is -0.233. The molecule has 0 aliphatic carbocycles. The molecule has 0 spiro atoms. The number of para-hydroxylation sites is 2. The summed E-state index contributed by atoms with van der Waals surface area (Å²) in [6, 6.07) is 18.7. The van der Waals surface area contributed by atoms with E-state index in [2.05, 4.69) is 4.98 Å². The van der Waals surface area contributed by atoms with E-state index in [1.165, 1.54) is 0 Å². The number of carbonyl (C=O) groups is 2. The van der Waals surface area contributed by atoms with Gasteiger partial charge in [0.05, 0.1) is 5.56 Å². The summed E-state index contributed by atoms with van der Waals surface area (Å²) in [5.41, 5.74) is 2.54. The fraction of sp³-hybridized carbons (Fsp3) is 0.240. The van der Waals surface area contributed by atoms with Crippen molar-refractivity contribution in [3.8, 4) is 11.5 Å². The van der Waals surface area contributed by atoms with Crippen LogP contribution in [0.3, 0.4) is 0 Å². The number of hydrogen-bond acceptors (Lipinski definition) is 5. The Morgan fingerprint density at radius 1 is 0.935 bits per heavy atom. The van der Waals surface area contributed by atoms with Crippen LogP contribution < -0.4 is 0 Å². The molecule has 0 radical (unpaired) electrons. The minimum atomic E-state index is -0.528. The van der Waals surface area contributed by atoms with Crippen LogP contribution >= 0.6 is 0 Å². The molecule has 1 aliphatic rings. The first-order valence-electron chi connectivity index (χ1n) is 10.5. The molecule has 0 atom stereocenters. The third-order valence-electron chi connectivity index (χ3n) is 5.68. The standard InChI is InChI=1S/C25H22N2O4/c28-22(27-14-4-1-5-15-27)16-30-25(29)19-11-7-9-17-8-6-10-18(23(17)19)24-26-20-12-2-3-13-21(20)31-24/h2-3,6-13H,1,4-5,14-16H2. The fourth-order valence-corrected chi connectivity index (χ4v) is 4.12. The number of aromatic nitrogens is 1. The molecule has 5 rings (SSSR count). The largest absolute Gasteiger partial charge is 0.452 e. The molecule has 1 fully saturated rings. The van der Waals surface area contributed by atoms with Crippen molar-refractivity contribution < 1.29 is 18.7 Å². The zero-order valence-electron chi connectivity index (χ0n) is 17.0. The van der Waals surface area contributed by atoms with Crippen LogP contribution in [0.4, 0.5) is 0 Å². The van der Waals surface area contributed by atoms with Crippen LogP contribution in [-0.4, -0.2) is 41.5 Å². The maximum atomic E-state index is 13.0. The number of ether oxygens (including phenoxy) is 1. The summed E-state index contributed by atoms with van der Waals surface area (Å²) < 4.78 is 11.4. The Hall–Kier alpha value is -3.67. The second-order valence-electron chi connectivity index (χ2n) is 7.71. The molecule has 1 saturated heterocycles. The van der Waals surface area contributed by atoms with Crippen LogP contribution in [0.15, 0.2) is 65.1 Å². The van der Waals surface area contributed by atoms with Crippen molar-refractivity contribution >= 4 is 33.7 Å². The average molecular weight is 414 g/mol. The molecule has 4 aromatic rings. The number of esters is 1. The molecule has 2 heterocycles. The Labute approximate surface area is 179 Å². The van der Waals surface area contributed by atoms with Gasteiger partial charge in [-0.05, 0) is 48.9 Å². The molecule has 6 nitrogen and oxygen atoms in total. The predicted octanol–water partition coefficient (Wildman–Crippen LogP) is 4.82. The van der Waals surface area contributed by atoms with E-state index in [4.69, 9.17) is 9.15 Å². The van der Waals surface area contributed by atoms with Crippen LogP contribution in [-0.2, 0) is 9.53 Å². The van der Waals surface area contributed by atoms with E-state index in [0.29, 0.717) is 28.0 Å². The SMILES string of the molecule is O=C(OCC(=O)N1CCCCC1)c1cccc2cccc(-c3nc4ccccc4o3)c12. The molecule has 3 aromatic carbocycles. The molecule has 156 valence electrons. The van der Waals surface area contributed by atoms with E-state index in [-0.39, 0.29) is 12.5 Å². The van der Waals surface area contributed by atoms with Crippen molar-refractivity contribution in [1.82, 2.24) is 9.88 Å². The summed E-state index contributed by atoms with van der Waals surface area (Å²) in [6.07, 6.45) is 3.13. The van der Waals surface area contributed by atoms with Crippen LogP contribution in [0.1, 0.15) is 29.6 Å². The number of hydrogen-bond donors (Lipinski definition) is 0. The van der Waals surface area contributed by atoms with Gasteiger partial charge in [-0.15, -0.1) is 0 Å². The maximum absolute atomic E-state index is 13.0. The van der Waals surface area contributed by atoms with Gasteiger partial charge < -0.3 is 14.1 Å². The van der Waals surface area contributed by atoms with Crippen molar-refractivity contribution in [3.05, 3.63) is 66.2 Å².